The number of hydrogen-bond donors (Lipinski definition) is 1. The fourth-order valence-electron chi connectivity index (χ4n) is 3.77. The molecule has 2 aromatic rings. The van der Waals surface area contributed by atoms with Crippen LogP contribution in [0.1, 0.15) is 60.5 Å². The normalized spacial score (nSPS) is 15.1. The van der Waals surface area contributed by atoms with Gasteiger partial charge in [0.2, 0.25) is 10.0 Å². The predicted molar refractivity (Wildman–Crippen MR) is 122 cm³/mol. The third-order valence-corrected chi connectivity index (χ3v) is 7.49. The summed E-state index contributed by atoms with van der Waals surface area (Å²) in [5, 5.41) is 2.84. The molecule has 6 nitrogen and oxygen atoms in total. The second-order valence-electron chi connectivity index (χ2n) is 8.24. The molecule has 0 aromatic heterocycles. The molecule has 7 heteroatoms. The Bertz CT molecular complexity index is 1010. The minimum atomic E-state index is -3.58. The van der Waals surface area contributed by atoms with Gasteiger partial charge < -0.3 is 10.1 Å². The number of carbonyl (C=O) groups is 1. The van der Waals surface area contributed by atoms with Crippen LogP contribution in [0, 0.1) is 6.92 Å². The second kappa shape index (κ2) is 10.3. The molecular formula is C24H32N2O4S. The lowest BCUT2D eigenvalue weighted by Gasteiger charge is -2.26. The lowest BCUT2D eigenvalue weighted by atomic mass is 10.0. The monoisotopic (exact) mass is 444 g/mol. The van der Waals surface area contributed by atoms with E-state index in [1.807, 2.05) is 31.2 Å². The van der Waals surface area contributed by atoms with Gasteiger partial charge in [-0.05, 0) is 55.0 Å². The molecule has 31 heavy (non-hydrogen) atoms. The van der Waals surface area contributed by atoms with Crippen molar-refractivity contribution >= 4 is 15.9 Å². The molecule has 0 radical (unpaired) electrons. The fraction of sp³-hybridized carbons (Fsp3) is 0.458. The summed E-state index contributed by atoms with van der Waals surface area (Å²) < 4.78 is 33.3. The number of piperidine rings is 1. The van der Waals surface area contributed by atoms with Crippen LogP contribution in [0.25, 0.3) is 0 Å². The zero-order chi connectivity index (χ0) is 22.4. The molecule has 1 heterocycles. The van der Waals surface area contributed by atoms with Crippen LogP contribution in [0.3, 0.4) is 0 Å². The fourth-order valence-corrected chi connectivity index (χ4v) is 5.31. The predicted octanol–water partition coefficient (Wildman–Crippen LogP) is 4.10. The molecule has 0 saturated carbocycles. The second-order valence-corrected chi connectivity index (χ2v) is 10.2. The van der Waals surface area contributed by atoms with Gasteiger partial charge in [-0.2, -0.15) is 4.31 Å². The van der Waals surface area contributed by atoms with Crippen LogP contribution in [0.5, 0.6) is 5.75 Å². The summed E-state index contributed by atoms with van der Waals surface area (Å²) in [6.07, 6.45) is 2.80. The first-order valence-corrected chi connectivity index (χ1v) is 12.4. The van der Waals surface area contributed by atoms with Gasteiger partial charge in [0.15, 0.2) is 0 Å². The van der Waals surface area contributed by atoms with Crippen LogP contribution in [0.2, 0.25) is 0 Å². The highest BCUT2D eigenvalue weighted by atomic mass is 32.2. The Morgan fingerprint density at radius 2 is 1.81 bits per heavy atom. The third-order valence-electron chi connectivity index (χ3n) is 5.59. The summed E-state index contributed by atoms with van der Waals surface area (Å²) in [6.45, 7) is 7.75. The molecule has 168 valence electrons. The first-order chi connectivity index (χ1) is 14.8. The number of nitrogens with zero attached hydrogens (tertiary/aromatic N) is 1. The van der Waals surface area contributed by atoms with E-state index in [9.17, 15) is 13.2 Å². The highest BCUT2D eigenvalue weighted by molar-refractivity contribution is 7.89. The molecule has 2 aromatic carbocycles. The molecule has 1 saturated heterocycles. The number of nitrogens with one attached hydrogen (secondary N) is 1. The van der Waals surface area contributed by atoms with E-state index in [4.69, 9.17) is 4.74 Å². The van der Waals surface area contributed by atoms with Gasteiger partial charge in [0, 0.05) is 18.7 Å². The maximum absolute atomic E-state index is 13.0. The maximum Gasteiger partial charge on any atom is 0.251 e. The number of hydrogen-bond acceptors (Lipinski definition) is 4. The Balaban J connectivity index is 1.63. The Morgan fingerprint density at radius 3 is 2.52 bits per heavy atom. The summed E-state index contributed by atoms with van der Waals surface area (Å²) in [5.74, 6) is 0.865. The van der Waals surface area contributed by atoms with Crippen molar-refractivity contribution in [3.05, 3.63) is 59.2 Å². The Hall–Kier alpha value is -2.38. The highest BCUT2D eigenvalue weighted by Gasteiger charge is 2.27. The third kappa shape index (κ3) is 5.66. The topological polar surface area (TPSA) is 75.7 Å². The van der Waals surface area contributed by atoms with Gasteiger partial charge in [0.1, 0.15) is 12.4 Å². The van der Waals surface area contributed by atoms with Crippen LogP contribution in [-0.4, -0.2) is 44.9 Å². The number of benzene rings is 2. The van der Waals surface area contributed by atoms with Crippen LogP contribution in [0.15, 0.2) is 47.4 Å². The van der Waals surface area contributed by atoms with Crippen molar-refractivity contribution in [3.8, 4) is 5.75 Å². The maximum atomic E-state index is 13.0. The molecule has 1 N–H and O–H groups in total. The zero-order valence-corrected chi connectivity index (χ0v) is 19.4. The van der Waals surface area contributed by atoms with Crippen molar-refractivity contribution < 1.29 is 17.9 Å². The van der Waals surface area contributed by atoms with Crippen molar-refractivity contribution in [1.29, 1.82) is 0 Å². The number of aryl methyl sites for hydroxylation is 1. The molecule has 0 unspecified atom stereocenters. The first-order valence-electron chi connectivity index (χ1n) is 10.9. The number of ether oxygens (including phenoxy) is 1. The van der Waals surface area contributed by atoms with E-state index < -0.39 is 10.0 Å². The van der Waals surface area contributed by atoms with Crippen molar-refractivity contribution in [2.75, 3.05) is 26.2 Å². The standard InChI is InChI=1S/C24H32N2O4S/c1-18(2)21-9-5-6-10-23(21)30-16-13-25-24(27)22-17-20(12-11-19(22)3)31(28,29)26-14-7-4-8-15-26/h5-6,9-12,17-18H,4,7-8,13-16H2,1-3H3,(H,25,27). The molecule has 0 aliphatic carbocycles. The first kappa shape index (κ1) is 23.3. The summed E-state index contributed by atoms with van der Waals surface area (Å²) in [6, 6.07) is 12.6. The molecule has 1 fully saturated rings. The molecule has 0 bridgehead atoms. The molecule has 3 rings (SSSR count). The number of sulfonamides is 1. The minimum absolute atomic E-state index is 0.173. The number of para-hydroxylation sites is 1. The molecule has 1 aliphatic heterocycles. The van der Waals surface area contributed by atoms with E-state index in [-0.39, 0.29) is 10.8 Å². The van der Waals surface area contributed by atoms with Crippen molar-refractivity contribution in [2.24, 2.45) is 0 Å². The van der Waals surface area contributed by atoms with E-state index in [0.29, 0.717) is 37.7 Å². The summed E-state index contributed by atoms with van der Waals surface area (Å²) >= 11 is 0. The largest absolute Gasteiger partial charge is 0.491 e. The number of carbonyl (C=O) groups excluding carboxylic acids is 1. The van der Waals surface area contributed by atoms with Crippen LogP contribution in [0.4, 0.5) is 0 Å². The van der Waals surface area contributed by atoms with Gasteiger partial charge in [0.25, 0.3) is 5.91 Å². The minimum Gasteiger partial charge on any atom is -0.491 e. The molecule has 1 aliphatic rings. The van der Waals surface area contributed by atoms with E-state index in [0.717, 1.165) is 36.1 Å². The molecular weight excluding hydrogens is 412 g/mol. The van der Waals surface area contributed by atoms with E-state index in [2.05, 4.69) is 19.2 Å². The van der Waals surface area contributed by atoms with Gasteiger partial charge in [0.05, 0.1) is 11.4 Å². The van der Waals surface area contributed by atoms with Crippen molar-refractivity contribution in [2.45, 2.75) is 50.8 Å². The number of amides is 1. The summed E-state index contributed by atoms with van der Waals surface area (Å²) in [7, 11) is -3.58. The average molecular weight is 445 g/mol. The van der Waals surface area contributed by atoms with Crippen LogP contribution in [-0.2, 0) is 10.0 Å². The number of rotatable bonds is 8. The Kier molecular flexibility index (Phi) is 7.73. The van der Waals surface area contributed by atoms with Crippen molar-refractivity contribution in [1.82, 2.24) is 9.62 Å². The summed E-state index contributed by atoms with van der Waals surface area (Å²) in [5.41, 5.74) is 2.24. The van der Waals surface area contributed by atoms with Crippen LogP contribution >= 0.6 is 0 Å². The molecule has 0 spiro atoms. The smallest absolute Gasteiger partial charge is 0.251 e. The lowest BCUT2D eigenvalue weighted by Crippen LogP contribution is -2.36. The Labute approximate surface area is 185 Å². The van der Waals surface area contributed by atoms with Gasteiger partial charge >= 0.3 is 0 Å². The van der Waals surface area contributed by atoms with Gasteiger partial charge in [-0.3, -0.25) is 4.79 Å². The van der Waals surface area contributed by atoms with Crippen LogP contribution < -0.4 is 10.1 Å². The van der Waals surface area contributed by atoms with E-state index >= 15 is 0 Å². The highest BCUT2D eigenvalue weighted by Crippen LogP contribution is 2.26. The van der Waals surface area contributed by atoms with E-state index in [1.54, 1.807) is 12.1 Å². The molecule has 0 atom stereocenters. The van der Waals surface area contributed by atoms with E-state index in [1.165, 1.54) is 10.4 Å². The van der Waals surface area contributed by atoms with Gasteiger partial charge in [-0.1, -0.05) is 44.5 Å². The SMILES string of the molecule is Cc1ccc(S(=O)(=O)N2CCCCC2)cc1C(=O)NCCOc1ccccc1C(C)C. The zero-order valence-electron chi connectivity index (χ0n) is 18.6. The average Bonchev–Trinajstić information content (AvgIpc) is 2.77. The quantitative estimate of drug-likeness (QED) is 0.622. The summed E-state index contributed by atoms with van der Waals surface area (Å²) in [4.78, 5) is 12.9. The van der Waals surface area contributed by atoms with Gasteiger partial charge in [-0.15, -0.1) is 0 Å². The lowest BCUT2D eigenvalue weighted by molar-refractivity contribution is 0.0946. The van der Waals surface area contributed by atoms with Gasteiger partial charge in [-0.25, -0.2) is 8.42 Å². The van der Waals surface area contributed by atoms with Crippen molar-refractivity contribution in [3.63, 3.8) is 0 Å². The molecule has 1 amide bonds. The Morgan fingerprint density at radius 1 is 1.10 bits per heavy atom.